The quantitative estimate of drug-likeness (QED) is 0.917. The molecule has 1 N–H and O–H groups in total. The minimum atomic E-state index is -0.0527. The zero-order chi connectivity index (χ0) is 14.8. The first kappa shape index (κ1) is 14.1. The maximum atomic E-state index is 9.18. The van der Waals surface area contributed by atoms with Gasteiger partial charge in [0.25, 0.3) is 0 Å². The third kappa shape index (κ3) is 2.93. The molecule has 1 aliphatic rings. The molecule has 0 bridgehead atoms. The molecule has 0 spiro atoms. The highest BCUT2D eigenvalue weighted by molar-refractivity contribution is 5.63. The van der Waals surface area contributed by atoms with Crippen molar-refractivity contribution in [3.05, 3.63) is 29.6 Å². The number of aliphatic hydroxyl groups is 1. The van der Waals surface area contributed by atoms with Crippen molar-refractivity contribution >= 4 is 0 Å². The first-order valence-electron chi connectivity index (χ1n) is 7.41. The van der Waals surface area contributed by atoms with Crippen LogP contribution in [0.3, 0.4) is 0 Å². The summed E-state index contributed by atoms with van der Waals surface area (Å²) in [7, 11) is 1.87. The Hall–Kier alpha value is -1.88. The van der Waals surface area contributed by atoms with E-state index in [1.807, 2.05) is 32.3 Å². The Kier molecular flexibility index (Phi) is 3.92. The predicted molar refractivity (Wildman–Crippen MR) is 79.9 cm³/mol. The van der Waals surface area contributed by atoms with Crippen LogP contribution >= 0.6 is 0 Å². The van der Waals surface area contributed by atoms with Crippen molar-refractivity contribution < 1.29 is 9.84 Å². The molecule has 1 saturated carbocycles. The molecule has 0 aromatic carbocycles. The van der Waals surface area contributed by atoms with Gasteiger partial charge in [-0.1, -0.05) is 6.42 Å². The number of aryl methyl sites for hydroxylation is 2. The van der Waals surface area contributed by atoms with Gasteiger partial charge in [-0.3, -0.25) is 4.68 Å². The largest absolute Gasteiger partial charge is 0.477 e. The van der Waals surface area contributed by atoms with Crippen LogP contribution in [-0.4, -0.2) is 26.5 Å². The van der Waals surface area contributed by atoms with Crippen LogP contribution in [0.15, 0.2) is 18.3 Å². The van der Waals surface area contributed by atoms with Gasteiger partial charge < -0.3 is 9.84 Å². The number of hydrogen-bond acceptors (Lipinski definition) is 4. The van der Waals surface area contributed by atoms with Crippen LogP contribution in [0.25, 0.3) is 11.3 Å². The van der Waals surface area contributed by atoms with Gasteiger partial charge in [0.15, 0.2) is 0 Å². The number of rotatable bonds is 5. The van der Waals surface area contributed by atoms with Crippen LogP contribution in [0.2, 0.25) is 0 Å². The van der Waals surface area contributed by atoms with E-state index in [2.05, 4.69) is 10.1 Å². The summed E-state index contributed by atoms with van der Waals surface area (Å²) in [5.41, 5.74) is 3.73. The summed E-state index contributed by atoms with van der Waals surface area (Å²) in [6.07, 6.45) is 5.70. The van der Waals surface area contributed by atoms with E-state index in [4.69, 9.17) is 4.74 Å². The Balaban J connectivity index is 1.78. The van der Waals surface area contributed by atoms with E-state index < -0.39 is 0 Å². The Labute approximate surface area is 124 Å². The number of pyridine rings is 1. The van der Waals surface area contributed by atoms with E-state index in [9.17, 15) is 5.11 Å². The lowest BCUT2D eigenvalue weighted by atomic mass is 9.86. The summed E-state index contributed by atoms with van der Waals surface area (Å²) < 4.78 is 7.53. The lowest BCUT2D eigenvalue weighted by Gasteiger charge is -2.24. The van der Waals surface area contributed by atoms with Gasteiger partial charge in [0.1, 0.15) is 0 Å². The van der Waals surface area contributed by atoms with Gasteiger partial charge in [0, 0.05) is 24.9 Å². The summed E-state index contributed by atoms with van der Waals surface area (Å²) in [6, 6.07) is 3.86. The number of aromatic nitrogens is 3. The molecule has 2 aromatic rings. The molecule has 2 heterocycles. The average Bonchev–Trinajstić information content (AvgIpc) is 2.78. The van der Waals surface area contributed by atoms with Crippen LogP contribution in [-0.2, 0) is 13.7 Å². The highest BCUT2D eigenvalue weighted by Gasteiger charge is 2.18. The Morgan fingerprint density at radius 3 is 2.76 bits per heavy atom. The molecule has 112 valence electrons. The highest BCUT2D eigenvalue weighted by Crippen LogP contribution is 2.28. The van der Waals surface area contributed by atoms with E-state index in [1.54, 1.807) is 4.68 Å². The Bertz CT molecular complexity index is 632. The molecule has 3 rings (SSSR count). The molecule has 5 nitrogen and oxygen atoms in total. The van der Waals surface area contributed by atoms with Crippen molar-refractivity contribution in [1.82, 2.24) is 14.8 Å². The fourth-order valence-electron chi connectivity index (χ4n) is 2.60. The van der Waals surface area contributed by atoms with Crippen molar-refractivity contribution in [3.63, 3.8) is 0 Å². The van der Waals surface area contributed by atoms with Crippen molar-refractivity contribution in [2.75, 3.05) is 6.61 Å². The summed E-state index contributed by atoms with van der Waals surface area (Å²) in [5.74, 6) is 1.39. The van der Waals surface area contributed by atoms with Crippen molar-refractivity contribution in [2.45, 2.75) is 32.8 Å². The molecule has 21 heavy (non-hydrogen) atoms. The van der Waals surface area contributed by atoms with E-state index in [-0.39, 0.29) is 6.61 Å². The zero-order valence-electron chi connectivity index (χ0n) is 12.5. The fourth-order valence-corrected chi connectivity index (χ4v) is 2.60. The molecule has 5 heteroatoms. The van der Waals surface area contributed by atoms with E-state index in [0.717, 1.165) is 23.4 Å². The molecule has 0 aliphatic heterocycles. The van der Waals surface area contributed by atoms with Crippen molar-refractivity contribution in [3.8, 4) is 17.1 Å². The van der Waals surface area contributed by atoms with Gasteiger partial charge >= 0.3 is 0 Å². The molecule has 0 saturated heterocycles. The summed E-state index contributed by atoms with van der Waals surface area (Å²) in [5, 5.41) is 13.4. The summed E-state index contributed by atoms with van der Waals surface area (Å²) in [6.45, 7) is 2.76. The lowest BCUT2D eigenvalue weighted by Crippen LogP contribution is -2.19. The lowest BCUT2D eigenvalue weighted by molar-refractivity contribution is 0.175. The monoisotopic (exact) mass is 287 g/mol. The molecule has 0 amide bonds. The first-order valence-corrected chi connectivity index (χ1v) is 7.41. The average molecular weight is 287 g/mol. The SMILES string of the molecule is Cc1cc(OCC2CCC2)ncc1-c1cc(CO)nn1C. The molecule has 0 radical (unpaired) electrons. The highest BCUT2D eigenvalue weighted by atomic mass is 16.5. The van der Waals surface area contributed by atoms with Crippen molar-refractivity contribution in [1.29, 1.82) is 0 Å². The molecule has 1 aliphatic carbocycles. The number of ether oxygens (including phenoxy) is 1. The van der Waals surface area contributed by atoms with Crippen molar-refractivity contribution in [2.24, 2.45) is 13.0 Å². The van der Waals surface area contributed by atoms with Gasteiger partial charge in [0.05, 0.1) is 24.6 Å². The number of nitrogens with zero attached hydrogens (tertiary/aromatic N) is 3. The third-order valence-corrected chi connectivity index (χ3v) is 4.15. The number of aliphatic hydroxyl groups excluding tert-OH is 1. The molecule has 0 unspecified atom stereocenters. The molecular weight excluding hydrogens is 266 g/mol. The van der Waals surface area contributed by atoms with Crippen LogP contribution in [0, 0.1) is 12.8 Å². The van der Waals surface area contributed by atoms with Crippen LogP contribution < -0.4 is 4.74 Å². The maximum absolute atomic E-state index is 9.18. The minimum Gasteiger partial charge on any atom is -0.477 e. The maximum Gasteiger partial charge on any atom is 0.213 e. The molecule has 1 fully saturated rings. The third-order valence-electron chi connectivity index (χ3n) is 4.15. The zero-order valence-corrected chi connectivity index (χ0v) is 12.5. The van der Waals surface area contributed by atoms with Gasteiger partial charge in [0.2, 0.25) is 5.88 Å². The molecular formula is C16H21N3O2. The Morgan fingerprint density at radius 2 is 2.19 bits per heavy atom. The van der Waals surface area contributed by atoms with E-state index in [1.165, 1.54) is 19.3 Å². The van der Waals surface area contributed by atoms with E-state index >= 15 is 0 Å². The summed E-state index contributed by atoms with van der Waals surface area (Å²) in [4.78, 5) is 4.40. The van der Waals surface area contributed by atoms with Gasteiger partial charge in [-0.15, -0.1) is 0 Å². The van der Waals surface area contributed by atoms with Gasteiger partial charge in [-0.05, 0) is 37.3 Å². The minimum absolute atomic E-state index is 0.0527. The number of hydrogen-bond donors (Lipinski definition) is 1. The standard InChI is InChI=1S/C16H21N3O2/c1-11-6-16(21-10-12-4-3-5-12)17-8-14(11)15-7-13(9-20)18-19(15)2/h6-8,12,20H,3-5,9-10H2,1-2H3. The van der Waals surface area contributed by atoms with Crippen LogP contribution in [0.5, 0.6) is 5.88 Å². The second-order valence-electron chi connectivity index (χ2n) is 5.75. The predicted octanol–water partition coefficient (Wildman–Crippen LogP) is 2.46. The van der Waals surface area contributed by atoms with Crippen LogP contribution in [0.4, 0.5) is 0 Å². The fraction of sp³-hybridized carbons (Fsp3) is 0.500. The first-order chi connectivity index (χ1) is 10.2. The van der Waals surface area contributed by atoms with Crippen LogP contribution in [0.1, 0.15) is 30.5 Å². The van der Waals surface area contributed by atoms with Gasteiger partial charge in [-0.25, -0.2) is 4.98 Å². The molecule has 2 aromatic heterocycles. The Morgan fingerprint density at radius 1 is 1.38 bits per heavy atom. The smallest absolute Gasteiger partial charge is 0.213 e. The van der Waals surface area contributed by atoms with Gasteiger partial charge in [-0.2, -0.15) is 5.10 Å². The normalized spacial score (nSPS) is 15.0. The second-order valence-corrected chi connectivity index (χ2v) is 5.75. The topological polar surface area (TPSA) is 60.2 Å². The molecule has 0 atom stereocenters. The summed E-state index contributed by atoms with van der Waals surface area (Å²) >= 11 is 0. The van der Waals surface area contributed by atoms with E-state index in [0.29, 0.717) is 17.5 Å². The second kappa shape index (κ2) is 5.85.